The molecule has 0 aliphatic heterocycles. The van der Waals surface area contributed by atoms with Gasteiger partial charge in [0.15, 0.2) is 16.7 Å². The average molecular weight is 1740 g/mol. The minimum absolute atomic E-state index is 0.337. The van der Waals surface area contributed by atoms with Crippen LogP contribution in [0.1, 0.15) is 158 Å². The highest BCUT2D eigenvalue weighted by molar-refractivity contribution is 6.15. The quantitative estimate of drug-likeness (QED) is 0.114. The van der Waals surface area contributed by atoms with Crippen molar-refractivity contribution in [1.29, 1.82) is 0 Å². The molecule has 0 atom stereocenters. The number of nitrogens with zero attached hydrogens (tertiary/aromatic N) is 6. The molecule has 0 fully saturated rings. The van der Waals surface area contributed by atoms with Crippen LogP contribution in [0.15, 0.2) is 385 Å². The lowest BCUT2D eigenvalue weighted by Crippen LogP contribution is -1.91. The molecule has 0 spiro atoms. The fourth-order valence-electron chi connectivity index (χ4n) is 18.1. The average Bonchev–Trinajstić information content (AvgIpc) is 1.63. The SMILES string of the molecule is CC(C)c1cccc2c1oc1c(-c3ccccc3)ccnc12.CC(C)c1cccc2c1oc1c(-c3ccccc3)cncc12.CC(C)c1cnc2oc3c(-c4ccccc4)cccc3c2c1.CC(C)c1cncc2c1oc1c(-c3ccccc3)cccc12.CC(C)c1nccc2c1oc1c(-c3ccccc3)cccc12.Cc1cccc(-c2cccc3c2oc2c(C(C)C)ccnc23)c1. The molecule has 654 valence electrons. The maximum absolute atomic E-state index is 6.31. The summed E-state index contributed by atoms with van der Waals surface area (Å²) >= 11 is 0. The van der Waals surface area contributed by atoms with Crippen molar-refractivity contribution < 1.29 is 26.5 Å². The van der Waals surface area contributed by atoms with Crippen LogP contribution in [0.2, 0.25) is 0 Å². The van der Waals surface area contributed by atoms with E-state index >= 15 is 0 Å². The Morgan fingerprint density at radius 3 is 1.08 bits per heavy atom. The Morgan fingerprint density at radius 1 is 0.203 bits per heavy atom. The van der Waals surface area contributed by atoms with E-state index in [1.54, 1.807) is 0 Å². The lowest BCUT2D eigenvalue weighted by molar-refractivity contribution is 0.651. The number of pyridine rings is 6. The molecule has 12 nitrogen and oxygen atoms in total. The largest absolute Gasteiger partial charge is 0.455 e. The van der Waals surface area contributed by atoms with Crippen LogP contribution in [-0.4, -0.2) is 29.9 Å². The second kappa shape index (κ2) is 37.8. The first-order valence-corrected chi connectivity index (χ1v) is 46.0. The number of para-hydroxylation sites is 6. The van der Waals surface area contributed by atoms with Gasteiger partial charge in [-0.1, -0.05) is 362 Å². The molecule has 0 saturated carbocycles. The summed E-state index contributed by atoms with van der Waals surface area (Å²) in [6.07, 6.45) is 15.1. The summed E-state index contributed by atoms with van der Waals surface area (Å²) < 4.78 is 37.5. The van der Waals surface area contributed by atoms with Gasteiger partial charge in [-0.05, 0) is 129 Å². The van der Waals surface area contributed by atoms with Crippen molar-refractivity contribution in [2.45, 2.75) is 126 Å². The van der Waals surface area contributed by atoms with Crippen molar-refractivity contribution in [1.82, 2.24) is 29.9 Å². The lowest BCUT2D eigenvalue weighted by atomic mass is 10.00. The fourth-order valence-corrected chi connectivity index (χ4v) is 18.1. The molecule has 0 N–H and O–H groups in total. The van der Waals surface area contributed by atoms with Gasteiger partial charge >= 0.3 is 0 Å². The van der Waals surface area contributed by atoms with Gasteiger partial charge in [0.05, 0.1) is 5.69 Å². The van der Waals surface area contributed by atoms with Crippen molar-refractivity contribution in [3.8, 4) is 66.8 Å². The molecule has 0 bridgehead atoms. The van der Waals surface area contributed by atoms with E-state index < -0.39 is 0 Å². The summed E-state index contributed by atoms with van der Waals surface area (Å²) in [4.78, 5) is 27.0. The van der Waals surface area contributed by atoms with Gasteiger partial charge in [0.1, 0.15) is 55.7 Å². The summed E-state index contributed by atoms with van der Waals surface area (Å²) in [6.45, 7) is 28.2. The first-order valence-electron chi connectivity index (χ1n) is 46.0. The molecule has 12 aromatic carbocycles. The molecule has 12 heteroatoms. The molecule has 133 heavy (non-hydrogen) atoms. The Hall–Kier alpha value is -15.7. The van der Waals surface area contributed by atoms with Crippen LogP contribution in [0.3, 0.4) is 0 Å². The van der Waals surface area contributed by atoms with E-state index in [-0.39, 0.29) is 0 Å². The van der Waals surface area contributed by atoms with Crippen molar-refractivity contribution in [3.05, 3.63) is 398 Å². The molecule has 0 unspecified atom stereocenters. The third-order valence-corrected chi connectivity index (χ3v) is 25.0. The maximum atomic E-state index is 6.31. The van der Waals surface area contributed by atoms with Gasteiger partial charge in [-0.2, -0.15) is 0 Å². The van der Waals surface area contributed by atoms with Crippen LogP contribution in [0, 0.1) is 6.92 Å². The first-order chi connectivity index (χ1) is 64.9. The van der Waals surface area contributed by atoms with Crippen LogP contribution in [-0.2, 0) is 0 Å². The minimum atomic E-state index is 0.337. The molecular formula is C121H104N6O6. The van der Waals surface area contributed by atoms with Crippen LogP contribution in [0.5, 0.6) is 0 Å². The van der Waals surface area contributed by atoms with E-state index in [1.807, 2.05) is 128 Å². The second-order valence-electron chi connectivity index (χ2n) is 35.9. The number of aromatic nitrogens is 6. The molecular weight excluding hydrogens is 1630 g/mol. The smallest absolute Gasteiger partial charge is 0.227 e. The summed E-state index contributed by atoms with van der Waals surface area (Å²) in [5.41, 5.74) is 34.8. The van der Waals surface area contributed by atoms with E-state index in [9.17, 15) is 0 Å². The molecule has 0 aliphatic rings. The zero-order valence-corrected chi connectivity index (χ0v) is 77.2. The molecule has 0 aliphatic carbocycles. The number of hydrogen-bond acceptors (Lipinski definition) is 12. The second-order valence-corrected chi connectivity index (χ2v) is 35.9. The van der Waals surface area contributed by atoms with Gasteiger partial charge in [0.25, 0.3) is 0 Å². The normalized spacial score (nSPS) is 11.6. The molecule has 0 amide bonds. The molecule has 24 aromatic rings. The predicted molar refractivity (Wildman–Crippen MR) is 551 cm³/mol. The lowest BCUT2D eigenvalue weighted by Gasteiger charge is -2.04. The molecule has 12 heterocycles. The molecule has 24 rings (SSSR count). The summed E-state index contributed by atoms with van der Waals surface area (Å²) in [5, 5.41) is 11.2. The molecule has 12 aromatic heterocycles. The Labute approximate surface area is 773 Å². The standard InChI is InChI=1S/C21H19NO.5C20H17NO/c1-13(2)16-10-11-22-19-18-9-5-8-17(20(18)23-21(16)19)15-7-4-6-14(3)12-15;1-13(2)15-11-18-17-10-6-9-16(14-7-4-3-5-8-14)19(17)22-20(18)21-12-15;1-13(2)17-11-21-12-18-16-10-6-9-15(19(16)22-20(17)18)14-7-4-3-5-8-14;1-13(2)15-9-6-10-16-18-12-21-11-17(20(18)22-19(15)16)14-7-4-3-5-8-14;1-13(2)18-20-17(11-12-21-18)16-10-6-9-15(19(16)22-20)14-7-4-3-5-8-14;1-13(2)15-9-6-10-17-18-20(22-19(15)17)16(11-12-21-18)14-7-4-3-5-8-14/h4-13H,1-3H3;5*3-13H,1-2H3. The number of rotatable bonds is 12. The first kappa shape index (κ1) is 86.7. The highest BCUT2D eigenvalue weighted by Gasteiger charge is 2.24. The number of aryl methyl sites for hydroxylation is 1. The van der Waals surface area contributed by atoms with E-state index in [1.165, 1.54) is 44.5 Å². The van der Waals surface area contributed by atoms with Crippen molar-refractivity contribution in [2.24, 2.45) is 0 Å². The van der Waals surface area contributed by atoms with Gasteiger partial charge in [-0.25, -0.2) is 4.98 Å². The molecule has 0 saturated heterocycles. The van der Waals surface area contributed by atoms with Gasteiger partial charge in [-0.3, -0.25) is 24.9 Å². The van der Waals surface area contributed by atoms with Crippen LogP contribution in [0.4, 0.5) is 0 Å². The van der Waals surface area contributed by atoms with Crippen LogP contribution < -0.4 is 0 Å². The van der Waals surface area contributed by atoms with Gasteiger partial charge in [0, 0.05) is 148 Å². The Bertz CT molecular complexity index is 7620. The summed E-state index contributed by atoms with van der Waals surface area (Å²) in [7, 11) is 0. The van der Waals surface area contributed by atoms with Crippen molar-refractivity contribution in [3.63, 3.8) is 0 Å². The topological polar surface area (TPSA) is 156 Å². The van der Waals surface area contributed by atoms with Gasteiger partial charge < -0.3 is 26.5 Å². The Balaban J connectivity index is 0.000000103. The zero-order chi connectivity index (χ0) is 91.5. The highest BCUT2D eigenvalue weighted by atomic mass is 16.4. The van der Waals surface area contributed by atoms with Gasteiger partial charge in [0.2, 0.25) is 5.71 Å². The Kier molecular flexibility index (Phi) is 24.6. The van der Waals surface area contributed by atoms with Crippen LogP contribution >= 0.6 is 0 Å². The molecule has 0 radical (unpaired) electrons. The third-order valence-electron chi connectivity index (χ3n) is 25.0. The third kappa shape index (κ3) is 17.2. The Morgan fingerprint density at radius 2 is 0.556 bits per heavy atom. The van der Waals surface area contributed by atoms with Crippen LogP contribution in [0.25, 0.3) is 199 Å². The van der Waals surface area contributed by atoms with E-state index in [0.29, 0.717) is 41.2 Å². The highest BCUT2D eigenvalue weighted by Crippen LogP contribution is 2.46. The predicted octanol–water partition coefficient (Wildman–Crippen LogP) is 34.9. The summed E-state index contributed by atoms with van der Waals surface area (Å²) in [6, 6.07) is 106. The minimum Gasteiger partial charge on any atom is -0.455 e. The number of fused-ring (bicyclic) bond motifs is 18. The van der Waals surface area contributed by atoms with Crippen molar-refractivity contribution >= 4 is 132 Å². The number of hydrogen-bond donors (Lipinski definition) is 0. The van der Waals surface area contributed by atoms with Gasteiger partial charge in [-0.15, -0.1) is 0 Å². The number of benzene rings is 12. The monoisotopic (exact) mass is 1740 g/mol. The van der Waals surface area contributed by atoms with E-state index in [4.69, 9.17) is 26.5 Å². The van der Waals surface area contributed by atoms with Crippen molar-refractivity contribution in [2.75, 3.05) is 0 Å². The fraction of sp³-hybridized carbons (Fsp3) is 0.157. The number of furan rings is 6. The van der Waals surface area contributed by atoms with E-state index in [0.717, 1.165) is 188 Å². The van der Waals surface area contributed by atoms with E-state index in [2.05, 4.69) is 350 Å². The summed E-state index contributed by atoms with van der Waals surface area (Å²) in [5.74, 6) is 2.44. The zero-order valence-electron chi connectivity index (χ0n) is 77.2. The maximum Gasteiger partial charge on any atom is 0.227 e.